The second kappa shape index (κ2) is 9.51. The van der Waals surface area contributed by atoms with Crippen LogP contribution in [0.3, 0.4) is 0 Å². The van der Waals surface area contributed by atoms with E-state index < -0.39 is 24.3 Å². The predicted octanol–water partition coefficient (Wildman–Crippen LogP) is 4.08. The fourth-order valence-electron chi connectivity index (χ4n) is 4.20. The van der Waals surface area contributed by atoms with Crippen LogP contribution in [0.15, 0.2) is 42.6 Å². The summed E-state index contributed by atoms with van der Waals surface area (Å²) in [5.41, 5.74) is 1.79. The third-order valence-corrected chi connectivity index (χ3v) is 7.38. The summed E-state index contributed by atoms with van der Waals surface area (Å²) >= 11 is 0. The molecule has 1 saturated carbocycles. The Hall–Kier alpha value is -2.71. The third-order valence-electron chi connectivity index (χ3n) is 7.38. The maximum atomic E-state index is 13.3. The molecular formula is C26H33BN2O5. The normalized spacial score (nSPS) is 19.9. The van der Waals surface area contributed by atoms with E-state index in [9.17, 15) is 9.59 Å². The van der Waals surface area contributed by atoms with E-state index in [-0.39, 0.29) is 11.8 Å². The van der Waals surface area contributed by atoms with Crippen molar-refractivity contribution in [1.82, 2.24) is 4.98 Å². The number of hydrogen-bond donors (Lipinski definition) is 1. The number of aromatic nitrogens is 1. The lowest BCUT2D eigenvalue weighted by Gasteiger charge is -2.32. The summed E-state index contributed by atoms with van der Waals surface area (Å²) in [6.45, 7) is 8.08. The maximum absolute atomic E-state index is 13.3. The van der Waals surface area contributed by atoms with Crippen molar-refractivity contribution in [3.63, 3.8) is 0 Å². The number of rotatable bonds is 7. The molecule has 1 amide bonds. The highest BCUT2D eigenvalue weighted by molar-refractivity contribution is 6.62. The number of nitrogens with one attached hydrogen (secondary N) is 1. The number of anilines is 1. The topological polar surface area (TPSA) is 86.8 Å². The smallest absolute Gasteiger partial charge is 0.465 e. The number of carbonyl (C=O) groups is 2. The summed E-state index contributed by atoms with van der Waals surface area (Å²) in [5.74, 6) is -0.347. The summed E-state index contributed by atoms with van der Waals surface area (Å²) < 4.78 is 17.0. The average Bonchev–Trinajstić information content (AvgIpc) is 3.00. The van der Waals surface area contributed by atoms with Crippen molar-refractivity contribution in [3.8, 4) is 0 Å². The van der Waals surface area contributed by atoms with Gasteiger partial charge in [0.15, 0.2) is 0 Å². The second-order valence-electron chi connectivity index (χ2n) is 10.2. The number of pyridine rings is 1. The zero-order valence-electron chi connectivity index (χ0n) is 20.6. The molecule has 7 nitrogen and oxygen atoms in total. The van der Waals surface area contributed by atoms with Crippen LogP contribution in [0.25, 0.3) is 0 Å². The molecule has 1 saturated heterocycles. The first-order valence-electron chi connectivity index (χ1n) is 11.9. The molecule has 4 rings (SSSR count). The Morgan fingerprint density at radius 1 is 1.09 bits per heavy atom. The quantitative estimate of drug-likeness (QED) is 0.491. The van der Waals surface area contributed by atoms with Crippen LogP contribution in [-0.4, -0.2) is 42.3 Å². The van der Waals surface area contributed by atoms with Crippen LogP contribution in [0, 0.1) is 5.92 Å². The van der Waals surface area contributed by atoms with Crippen LogP contribution in [-0.2, 0) is 18.8 Å². The first-order valence-corrected chi connectivity index (χ1v) is 11.9. The molecule has 34 heavy (non-hydrogen) atoms. The van der Waals surface area contributed by atoms with Gasteiger partial charge in [0.2, 0.25) is 5.91 Å². The molecule has 0 spiro atoms. The van der Waals surface area contributed by atoms with E-state index in [4.69, 9.17) is 14.0 Å². The lowest BCUT2D eigenvalue weighted by Crippen LogP contribution is -2.41. The standard InChI is InChI=1S/C26H33BN2O5/c1-25(2)26(3,4)34-27(33-25)19-11-14-22(28-16-19)21(15-17-7-6-8-17)23(30)29-20-12-9-18(10-13-20)24(31)32-5/h9-14,16-17,21H,6-8,15H2,1-5H3,(H,29,30). The lowest BCUT2D eigenvalue weighted by atomic mass is 9.77. The molecule has 2 fully saturated rings. The van der Waals surface area contributed by atoms with Gasteiger partial charge in [-0.25, -0.2) is 4.79 Å². The van der Waals surface area contributed by atoms with Gasteiger partial charge in [0.25, 0.3) is 0 Å². The van der Waals surface area contributed by atoms with E-state index in [1.807, 2.05) is 39.8 Å². The van der Waals surface area contributed by atoms with E-state index in [1.54, 1.807) is 30.5 Å². The average molecular weight is 464 g/mol. The zero-order valence-corrected chi connectivity index (χ0v) is 20.6. The van der Waals surface area contributed by atoms with Gasteiger partial charge >= 0.3 is 13.1 Å². The second-order valence-corrected chi connectivity index (χ2v) is 10.2. The van der Waals surface area contributed by atoms with Gasteiger partial charge in [-0.15, -0.1) is 0 Å². The number of ether oxygens (including phenoxy) is 1. The first kappa shape index (κ1) is 24.4. The van der Waals surface area contributed by atoms with Crippen molar-refractivity contribution in [2.45, 2.75) is 70.5 Å². The largest absolute Gasteiger partial charge is 0.496 e. The van der Waals surface area contributed by atoms with E-state index >= 15 is 0 Å². The molecule has 8 heteroatoms. The molecule has 180 valence electrons. The Labute approximate surface area is 201 Å². The highest BCUT2D eigenvalue weighted by Gasteiger charge is 2.51. The highest BCUT2D eigenvalue weighted by atomic mass is 16.7. The molecule has 0 bridgehead atoms. The predicted molar refractivity (Wildman–Crippen MR) is 131 cm³/mol. The maximum Gasteiger partial charge on any atom is 0.496 e. The monoisotopic (exact) mass is 464 g/mol. The molecular weight excluding hydrogens is 431 g/mol. The minimum atomic E-state index is -0.487. The van der Waals surface area contributed by atoms with Crippen LogP contribution in [0.4, 0.5) is 5.69 Å². The SMILES string of the molecule is COC(=O)c1ccc(NC(=O)C(CC2CCC2)c2ccc(B3OC(C)(C)C(C)(C)O3)cn2)cc1. The van der Waals surface area contributed by atoms with Crippen molar-refractivity contribution < 1.29 is 23.6 Å². The minimum absolute atomic E-state index is 0.103. The van der Waals surface area contributed by atoms with Gasteiger partial charge < -0.3 is 19.4 Å². The molecule has 2 aliphatic rings. The molecule has 1 unspecified atom stereocenters. The molecule has 1 aromatic heterocycles. The minimum Gasteiger partial charge on any atom is -0.465 e. The van der Waals surface area contributed by atoms with Gasteiger partial charge in [0.1, 0.15) is 0 Å². The van der Waals surface area contributed by atoms with Crippen molar-refractivity contribution in [1.29, 1.82) is 0 Å². The molecule has 2 heterocycles. The third kappa shape index (κ3) is 5.03. The Bertz CT molecular complexity index is 1020. The van der Waals surface area contributed by atoms with Gasteiger partial charge in [-0.05, 0) is 70.4 Å². The number of benzene rings is 1. The molecule has 1 atom stereocenters. The number of carbonyl (C=O) groups excluding carboxylic acids is 2. The van der Waals surface area contributed by atoms with Crippen molar-refractivity contribution in [2.75, 3.05) is 12.4 Å². The summed E-state index contributed by atoms with van der Waals surface area (Å²) in [6, 6.07) is 10.5. The molecule has 1 N–H and O–H groups in total. The van der Waals surface area contributed by atoms with E-state index in [0.717, 1.165) is 30.4 Å². The number of nitrogens with zero attached hydrogens (tertiary/aromatic N) is 1. The number of hydrogen-bond acceptors (Lipinski definition) is 6. The van der Waals surface area contributed by atoms with Crippen LogP contribution >= 0.6 is 0 Å². The van der Waals surface area contributed by atoms with Gasteiger partial charge in [-0.1, -0.05) is 25.3 Å². The summed E-state index contributed by atoms with van der Waals surface area (Å²) in [4.78, 5) is 29.6. The van der Waals surface area contributed by atoms with Crippen LogP contribution in [0.5, 0.6) is 0 Å². The van der Waals surface area contributed by atoms with Gasteiger partial charge in [0.05, 0.1) is 35.5 Å². The van der Waals surface area contributed by atoms with Gasteiger partial charge in [-0.3, -0.25) is 9.78 Å². The van der Waals surface area contributed by atoms with Crippen molar-refractivity contribution in [3.05, 3.63) is 53.9 Å². The van der Waals surface area contributed by atoms with E-state index in [1.165, 1.54) is 13.5 Å². The molecule has 0 radical (unpaired) electrons. The Morgan fingerprint density at radius 3 is 2.24 bits per heavy atom. The van der Waals surface area contributed by atoms with E-state index in [2.05, 4.69) is 10.3 Å². The summed E-state index contributed by atoms with van der Waals surface area (Å²) in [6.07, 6.45) is 6.01. The number of methoxy groups -OCH3 is 1. The molecule has 1 aliphatic carbocycles. The Morgan fingerprint density at radius 2 is 1.74 bits per heavy atom. The zero-order chi connectivity index (χ0) is 24.5. The summed E-state index contributed by atoms with van der Waals surface area (Å²) in [5, 5.41) is 2.99. The summed E-state index contributed by atoms with van der Waals surface area (Å²) in [7, 11) is 0.854. The molecule has 1 aliphatic heterocycles. The van der Waals surface area contributed by atoms with Crippen LogP contribution in [0.2, 0.25) is 0 Å². The fraction of sp³-hybridized carbons (Fsp3) is 0.500. The Kier molecular flexibility index (Phi) is 6.83. The first-order chi connectivity index (χ1) is 16.1. The van der Waals surface area contributed by atoms with Crippen LogP contribution < -0.4 is 10.8 Å². The van der Waals surface area contributed by atoms with Crippen molar-refractivity contribution >= 4 is 30.1 Å². The van der Waals surface area contributed by atoms with Gasteiger partial charge in [0, 0.05) is 17.3 Å². The van der Waals surface area contributed by atoms with Crippen molar-refractivity contribution in [2.24, 2.45) is 5.92 Å². The number of amides is 1. The van der Waals surface area contributed by atoms with E-state index in [0.29, 0.717) is 17.2 Å². The highest BCUT2D eigenvalue weighted by Crippen LogP contribution is 2.37. The lowest BCUT2D eigenvalue weighted by molar-refractivity contribution is -0.118. The van der Waals surface area contributed by atoms with Gasteiger partial charge in [-0.2, -0.15) is 0 Å². The fourth-order valence-corrected chi connectivity index (χ4v) is 4.20. The molecule has 1 aromatic carbocycles. The molecule has 2 aromatic rings. The van der Waals surface area contributed by atoms with Crippen LogP contribution in [0.1, 0.15) is 75.3 Å². The number of esters is 1. The Balaban J connectivity index is 1.49.